The molecule has 1 saturated heterocycles. The van der Waals surface area contributed by atoms with Gasteiger partial charge >= 0.3 is 18.2 Å². The SMILES string of the molecule is CC(c1ccc([C@H](C)NC(=O)C(F)(F)F)cc1)N1CCN(C(=O)OC(C)(C)C)CC1. The van der Waals surface area contributed by atoms with Crippen LogP contribution in [0.15, 0.2) is 24.3 Å². The van der Waals surface area contributed by atoms with Crippen molar-refractivity contribution >= 4 is 12.0 Å². The van der Waals surface area contributed by atoms with Crippen LogP contribution in [0.1, 0.15) is 57.8 Å². The molecule has 1 aromatic carbocycles. The minimum Gasteiger partial charge on any atom is -0.444 e. The Labute approximate surface area is 175 Å². The van der Waals surface area contributed by atoms with Crippen LogP contribution in [0.4, 0.5) is 18.0 Å². The molecule has 0 aliphatic carbocycles. The number of rotatable bonds is 4. The third kappa shape index (κ3) is 6.62. The van der Waals surface area contributed by atoms with Gasteiger partial charge in [0.05, 0.1) is 6.04 Å². The molecule has 168 valence electrons. The fourth-order valence-corrected chi connectivity index (χ4v) is 3.25. The molecule has 1 heterocycles. The van der Waals surface area contributed by atoms with Crippen LogP contribution in [-0.2, 0) is 9.53 Å². The Morgan fingerprint density at radius 1 is 0.967 bits per heavy atom. The molecule has 9 heteroatoms. The zero-order valence-electron chi connectivity index (χ0n) is 18.0. The van der Waals surface area contributed by atoms with E-state index in [9.17, 15) is 22.8 Å². The molecule has 1 aromatic rings. The van der Waals surface area contributed by atoms with Crippen molar-refractivity contribution in [2.75, 3.05) is 26.2 Å². The molecule has 2 atom stereocenters. The van der Waals surface area contributed by atoms with Crippen molar-refractivity contribution in [3.05, 3.63) is 35.4 Å². The fraction of sp³-hybridized carbons (Fsp3) is 0.619. The molecule has 0 spiro atoms. The Morgan fingerprint density at radius 3 is 1.93 bits per heavy atom. The maximum absolute atomic E-state index is 12.4. The maximum atomic E-state index is 12.4. The Kier molecular flexibility index (Phi) is 7.39. The van der Waals surface area contributed by atoms with Gasteiger partial charge in [-0.2, -0.15) is 13.2 Å². The smallest absolute Gasteiger partial charge is 0.444 e. The van der Waals surface area contributed by atoms with Crippen LogP contribution in [0.25, 0.3) is 0 Å². The van der Waals surface area contributed by atoms with Crippen LogP contribution in [-0.4, -0.2) is 59.8 Å². The first kappa shape index (κ1) is 24.0. The number of halogens is 3. The van der Waals surface area contributed by atoms with Crippen LogP contribution in [0, 0.1) is 0 Å². The molecule has 1 N–H and O–H groups in total. The minimum absolute atomic E-state index is 0.0832. The number of piperazine rings is 1. The van der Waals surface area contributed by atoms with E-state index >= 15 is 0 Å². The van der Waals surface area contributed by atoms with Crippen LogP contribution < -0.4 is 5.32 Å². The normalized spacial score (nSPS) is 17.9. The predicted octanol–water partition coefficient (Wildman–Crippen LogP) is 4.04. The Hall–Kier alpha value is -2.29. The summed E-state index contributed by atoms with van der Waals surface area (Å²) < 4.78 is 42.6. The van der Waals surface area contributed by atoms with E-state index in [4.69, 9.17) is 4.74 Å². The van der Waals surface area contributed by atoms with E-state index in [0.29, 0.717) is 31.7 Å². The number of amides is 2. The molecular weight excluding hydrogens is 399 g/mol. The number of carbonyl (C=O) groups excluding carboxylic acids is 2. The fourth-order valence-electron chi connectivity index (χ4n) is 3.25. The van der Waals surface area contributed by atoms with Gasteiger partial charge in [-0.15, -0.1) is 0 Å². The molecule has 1 fully saturated rings. The van der Waals surface area contributed by atoms with Crippen molar-refractivity contribution < 1.29 is 27.5 Å². The molecule has 0 aromatic heterocycles. The van der Waals surface area contributed by atoms with Gasteiger partial charge in [-0.1, -0.05) is 24.3 Å². The zero-order chi connectivity index (χ0) is 22.7. The quantitative estimate of drug-likeness (QED) is 0.785. The Balaban J connectivity index is 1.91. The number of carbonyl (C=O) groups is 2. The molecule has 2 amide bonds. The van der Waals surface area contributed by atoms with Gasteiger partial charge in [0.15, 0.2) is 0 Å². The van der Waals surface area contributed by atoms with Gasteiger partial charge in [-0.3, -0.25) is 9.69 Å². The third-order valence-corrected chi connectivity index (χ3v) is 5.04. The van der Waals surface area contributed by atoms with Gasteiger partial charge in [0.25, 0.3) is 0 Å². The van der Waals surface area contributed by atoms with Crippen LogP contribution >= 0.6 is 0 Å². The van der Waals surface area contributed by atoms with Crippen LogP contribution in [0.2, 0.25) is 0 Å². The first-order valence-corrected chi connectivity index (χ1v) is 9.97. The van der Waals surface area contributed by atoms with E-state index in [1.807, 2.05) is 45.1 Å². The van der Waals surface area contributed by atoms with E-state index in [0.717, 1.165) is 5.56 Å². The minimum atomic E-state index is -4.90. The lowest BCUT2D eigenvalue weighted by molar-refractivity contribution is -0.174. The summed E-state index contributed by atoms with van der Waals surface area (Å²) in [5.74, 6) is -1.95. The standard InChI is InChI=1S/C21H30F3N3O3/c1-14(25-18(28)21(22,23)24)16-6-8-17(9-7-16)15(2)26-10-12-27(13-11-26)19(29)30-20(3,4)5/h6-9,14-15H,10-13H2,1-5H3,(H,25,28)/t14-,15?/m0/s1. The zero-order valence-corrected chi connectivity index (χ0v) is 18.0. The summed E-state index contributed by atoms with van der Waals surface area (Å²) in [6.07, 6.45) is -5.21. The van der Waals surface area contributed by atoms with Gasteiger partial charge < -0.3 is 15.0 Å². The average molecular weight is 429 g/mol. The lowest BCUT2D eigenvalue weighted by Gasteiger charge is -2.38. The summed E-state index contributed by atoms with van der Waals surface area (Å²) in [5, 5.41) is 1.96. The number of nitrogens with zero attached hydrogens (tertiary/aromatic N) is 2. The summed E-state index contributed by atoms with van der Waals surface area (Å²) in [6, 6.07) is 6.50. The highest BCUT2D eigenvalue weighted by Gasteiger charge is 2.39. The van der Waals surface area contributed by atoms with Gasteiger partial charge in [-0.05, 0) is 45.7 Å². The molecule has 0 radical (unpaired) electrons. The van der Waals surface area contributed by atoms with Crippen LogP contribution in [0.5, 0.6) is 0 Å². The highest BCUT2D eigenvalue weighted by atomic mass is 19.4. The molecule has 2 rings (SSSR count). The molecule has 1 unspecified atom stereocenters. The van der Waals surface area contributed by atoms with Crippen molar-refractivity contribution in [2.24, 2.45) is 0 Å². The second-order valence-electron chi connectivity index (χ2n) is 8.54. The number of nitrogens with one attached hydrogen (secondary N) is 1. The molecule has 30 heavy (non-hydrogen) atoms. The summed E-state index contributed by atoms with van der Waals surface area (Å²) in [4.78, 5) is 27.2. The number of hydrogen-bond donors (Lipinski definition) is 1. The molecular formula is C21H30F3N3O3. The van der Waals surface area contributed by atoms with Crippen molar-refractivity contribution in [2.45, 2.75) is 58.5 Å². The Morgan fingerprint density at radius 2 is 1.47 bits per heavy atom. The van der Waals surface area contributed by atoms with E-state index in [1.165, 1.54) is 6.92 Å². The van der Waals surface area contributed by atoms with Crippen molar-refractivity contribution in [3.8, 4) is 0 Å². The lowest BCUT2D eigenvalue weighted by atomic mass is 10.0. The predicted molar refractivity (Wildman–Crippen MR) is 107 cm³/mol. The summed E-state index contributed by atoms with van der Waals surface area (Å²) in [7, 11) is 0. The van der Waals surface area contributed by atoms with E-state index in [-0.39, 0.29) is 12.1 Å². The average Bonchev–Trinajstić information content (AvgIpc) is 2.65. The first-order valence-electron chi connectivity index (χ1n) is 9.97. The molecule has 6 nitrogen and oxygen atoms in total. The van der Waals surface area contributed by atoms with Gasteiger partial charge in [0, 0.05) is 32.2 Å². The van der Waals surface area contributed by atoms with E-state index in [1.54, 1.807) is 17.0 Å². The summed E-state index contributed by atoms with van der Waals surface area (Å²) in [6.45, 7) is 11.6. The monoisotopic (exact) mass is 429 g/mol. The first-order chi connectivity index (χ1) is 13.8. The van der Waals surface area contributed by atoms with E-state index < -0.39 is 23.7 Å². The number of benzene rings is 1. The topological polar surface area (TPSA) is 61.9 Å². The molecule has 1 aliphatic rings. The molecule has 1 aliphatic heterocycles. The van der Waals surface area contributed by atoms with Crippen molar-refractivity contribution in [3.63, 3.8) is 0 Å². The Bertz CT molecular complexity index is 737. The van der Waals surface area contributed by atoms with Crippen LogP contribution in [0.3, 0.4) is 0 Å². The largest absolute Gasteiger partial charge is 0.471 e. The number of ether oxygens (including phenoxy) is 1. The third-order valence-electron chi connectivity index (χ3n) is 5.04. The molecule has 0 bridgehead atoms. The summed E-state index contributed by atoms with van der Waals surface area (Å²) >= 11 is 0. The van der Waals surface area contributed by atoms with Gasteiger partial charge in [0.2, 0.25) is 0 Å². The highest BCUT2D eigenvalue weighted by molar-refractivity contribution is 5.82. The van der Waals surface area contributed by atoms with Crippen molar-refractivity contribution in [1.29, 1.82) is 0 Å². The molecule has 0 saturated carbocycles. The summed E-state index contributed by atoms with van der Waals surface area (Å²) in [5.41, 5.74) is 1.08. The second kappa shape index (κ2) is 9.24. The number of hydrogen-bond acceptors (Lipinski definition) is 4. The second-order valence-corrected chi connectivity index (χ2v) is 8.54. The highest BCUT2D eigenvalue weighted by Crippen LogP contribution is 2.25. The maximum Gasteiger partial charge on any atom is 0.471 e. The van der Waals surface area contributed by atoms with Gasteiger partial charge in [0.1, 0.15) is 5.60 Å². The number of alkyl halides is 3. The van der Waals surface area contributed by atoms with Crippen molar-refractivity contribution in [1.82, 2.24) is 15.1 Å². The van der Waals surface area contributed by atoms with E-state index in [2.05, 4.69) is 4.90 Å². The van der Waals surface area contributed by atoms with Gasteiger partial charge in [-0.25, -0.2) is 4.79 Å². The lowest BCUT2D eigenvalue weighted by Crippen LogP contribution is -2.50.